The second kappa shape index (κ2) is 8.91. The molecule has 7 heteroatoms. The molecule has 3 rings (SSSR count). The number of nitrogens with zero attached hydrogens (tertiary/aromatic N) is 5. The van der Waals surface area contributed by atoms with E-state index in [0.717, 1.165) is 37.6 Å². The maximum absolute atomic E-state index is 12.7. The number of carbonyl (C=O) groups excluding carboxylic acids is 1. The summed E-state index contributed by atoms with van der Waals surface area (Å²) in [6.07, 6.45) is 0. The Bertz CT molecular complexity index is 797. The molecular weight excluding hydrogens is 354 g/mol. The van der Waals surface area contributed by atoms with Gasteiger partial charge in [0.15, 0.2) is 0 Å². The van der Waals surface area contributed by atoms with Crippen LogP contribution in [0.4, 0.5) is 11.6 Å². The highest BCUT2D eigenvalue weighted by Gasteiger charge is 2.22. The van der Waals surface area contributed by atoms with Crippen molar-refractivity contribution in [3.8, 4) is 5.75 Å². The second-order valence-electron chi connectivity index (χ2n) is 6.84. The van der Waals surface area contributed by atoms with Crippen molar-refractivity contribution < 1.29 is 9.53 Å². The fourth-order valence-corrected chi connectivity index (χ4v) is 3.43. The largest absolute Gasteiger partial charge is 0.497 e. The summed E-state index contributed by atoms with van der Waals surface area (Å²) in [7, 11) is 1.68. The van der Waals surface area contributed by atoms with Gasteiger partial charge in [-0.2, -0.15) is 0 Å². The summed E-state index contributed by atoms with van der Waals surface area (Å²) in [5.74, 6) is 1.47. The van der Waals surface area contributed by atoms with Gasteiger partial charge in [-0.15, -0.1) is 0 Å². The zero-order chi connectivity index (χ0) is 20.1. The van der Waals surface area contributed by atoms with Crippen LogP contribution in [0.15, 0.2) is 30.3 Å². The predicted octanol–water partition coefficient (Wildman–Crippen LogP) is 2.60. The zero-order valence-electron chi connectivity index (χ0n) is 17.2. The molecule has 1 amide bonds. The Hall–Kier alpha value is -2.83. The van der Waals surface area contributed by atoms with Crippen molar-refractivity contribution in [3.05, 3.63) is 41.7 Å². The van der Waals surface area contributed by atoms with Crippen LogP contribution in [0.1, 0.15) is 30.0 Å². The third kappa shape index (κ3) is 4.35. The highest BCUT2D eigenvalue weighted by molar-refractivity contribution is 5.92. The van der Waals surface area contributed by atoms with Gasteiger partial charge in [0.05, 0.1) is 7.11 Å². The summed E-state index contributed by atoms with van der Waals surface area (Å²) in [5, 5.41) is 0. The van der Waals surface area contributed by atoms with E-state index in [0.29, 0.717) is 24.7 Å². The minimum Gasteiger partial charge on any atom is -0.497 e. The fourth-order valence-electron chi connectivity index (χ4n) is 3.43. The average Bonchev–Trinajstić information content (AvgIpc) is 2.74. The minimum atomic E-state index is -0.0337. The van der Waals surface area contributed by atoms with Gasteiger partial charge in [-0.1, -0.05) is 0 Å². The van der Waals surface area contributed by atoms with E-state index in [4.69, 9.17) is 4.74 Å². The van der Waals surface area contributed by atoms with Gasteiger partial charge in [0.2, 0.25) is 5.95 Å². The lowest BCUT2D eigenvalue weighted by atomic mass is 10.2. The first-order valence-electron chi connectivity index (χ1n) is 9.84. The van der Waals surface area contributed by atoms with Crippen molar-refractivity contribution in [1.29, 1.82) is 0 Å². The molecule has 0 aliphatic carbocycles. The summed E-state index contributed by atoms with van der Waals surface area (Å²) in [4.78, 5) is 28.1. The lowest BCUT2D eigenvalue weighted by Gasteiger charge is -2.36. The van der Waals surface area contributed by atoms with Crippen molar-refractivity contribution in [1.82, 2.24) is 14.9 Å². The normalized spacial score (nSPS) is 14.1. The van der Waals surface area contributed by atoms with Gasteiger partial charge < -0.3 is 19.4 Å². The van der Waals surface area contributed by atoms with Crippen LogP contribution >= 0.6 is 0 Å². The first-order chi connectivity index (χ1) is 13.5. The summed E-state index contributed by atoms with van der Waals surface area (Å²) < 4.78 is 5.23. The molecule has 0 N–H and O–H groups in total. The molecule has 28 heavy (non-hydrogen) atoms. The smallest absolute Gasteiger partial charge is 0.272 e. The Kier molecular flexibility index (Phi) is 6.34. The number of benzene rings is 1. The van der Waals surface area contributed by atoms with E-state index in [9.17, 15) is 4.79 Å². The number of aromatic nitrogens is 2. The third-order valence-electron chi connectivity index (χ3n) is 5.11. The number of aryl methyl sites for hydroxylation is 1. The monoisotopic (exact) mass is 383 g/mol. The molecule has 150 valence electrons. The molecular formula is C21H29N5O2. The molecule has 1 aromatic carbocycles. The van der Waals surface area contributed by atoms with Gasteiger partial charge in [-0.25, -0.2) is 9.97 Å². The molecule has 1 fully saturated rings. The zero-order valence-corrected chi connectivity index (χ0v) is 17.2. The Morgan fingerprint density at radius 1 is 1.04 bits per heavy atom. The minimum absolute atomic E-state index is 0.0337. The molecule has 1 saturated heterocycles. The molecule has 0 atom stereocenters. The van der Waals surface area contributed by atoms with Gasteiger partial charge in [-0.05, 0) is 51.1 Å². The van der Waals surface area contributed by atoms with E-state index in [-0.39, 0.29) is 5.91 Å². The van der Waals surface area contributed by atoms with Gasteiger partial charge in [0.25, 0.3) is 5.91 Å². The van der Waals surface area contributed by atoms with Crippen molar-refractivity contribution in [2.45, 2.75) is 20.8 Å². The van der Waals surface area contributed by atoms with Crippen LogP contribution in [0.2, 0.25) is 0 Å². The Balaban J connectivity index is 1.70. The molecule has 1 aromatic heterocycles. The number of ether oxygens (including phenoxy) is 1. The predicted molar refractivity (Wildman–Crippen MR) is 111 cm³/mol. The number of carbonyl (C=O) groups is 1. The van der Waals surface area contributed by atoms with Crippen LogP contribution in [0.5, 0.6) is 5.75 Å². The molecule has 0 spiro atoms. The van der Waals surface area contributed by atoms with Crippen molar-refractivity contribution >= 4 is 17.5 Å². The highest BCUT2D eigenvalue weighted by Crippen LogP contribution is 2.22. The van der Waals surface area contributed by atoms with E-state index >= 15 is 0 Å². The molecule has 0 unspecified atom stereocenters. The number of amides is 1. The van der Waals surface area contributed by atoms with Crippen LogP contribution in [0.3, 0.4) is 0 Å². The van der Waals surface area contributed by atoms with Crippen LogP contribution in [-0.4, -0.2) is 67.2 Å². The standard InChI is InChI=1S/C21H29N5O2/c1-5-24(6-2)20(27)19-15-16(3)22-21(23-19)26-13-11-25(12-14-26)17-7-9-18(28-4)10-8-17/h7-10,15H,5-6,11-14H2,1-4H3. The summed E-state index contributed by atoms with van der Waals surface area (Å²) in [5.41, 5.74) is 2.48. The van der Waals surface area contributed by atoms with E-state index in [1.165, 1.54) is 5.69 Å². The average molecular weight is 383 g/mol. The molecule has 0 radical (unpaired) electrons. The summed E-state index contributed by atoms with van der Waals surface area (Å²) in [6, 6.07) is 9.90. The van der Waals surface area contributed by atoms with Crippen LogP contribution in [-0.2, 0) is 0 Å². The van der Waals surface area contributed by atoms with Crippen molar-refractivity contribution in [2.24, 2.45) is 0 Å². The molecule has 2 heterocycles. The first-order valence-corrected chi connectivity index (χ1v) is 9.84. The maximum atomic E-state index is 12.7. The van der Waals surface area contributed by atoms with E-state index in [1.54, 1.807) is 18.1 Å². The Morgan fingerprint density at radius 3 is 2.21 bits per heavy atom. The Morgan fingerprint density at radius 2 is 1.64 bits per heavy atom. The molecule has 0 bridgehead atoms. The quantitative estimate of drug-likeness (QED) is 0.764. The number of anilines is 2. The summed E-state index contributed by atoms with van der Waals surface area (Å²) >= 11 is 0. The van der Waals surface area contributed by atoms with Crippen LogP contribution in [0, 0.1) is 6.92 Å². The highest BCUT2D eigenvalue weighted by atomic mass is 16.5. The van der Waals surface area contributed by atoms with Crippen molar-refractivity contribution in [2.75, 3.05) is 56.2 Å². The topological polar surface area (TPSA) is 61.8 Å². The number of piperazine rings is 1. The summed E-state index contributed by atoms with van der Waals surface area (Å²) in [6.45, 7) is 10.6. The SMILES string of the molecule is CCN(CC)C(=O)c1cc(C)nc(N2CCN(c3ccc(OC)cc3)CC2)n1. The van der Waals surface area contributed by atoms with Crippen LogP contribution < -0.4 is 14.5 Å². The fraction of sp³-hybridized carbons (Fsp3) is 0.476. The number of hydrogen-bond acceptors (Lipinski definition) is 6. The van der Waals surface area contributed by atoms with E-state index in [2.05, 4.69) is 31.9 Å². The van der Waals surface area contributed by atoms with Gasteiger partial charge in [0, 0.05) is 50.6 Å². The van der Waals surface area contributed by atoms with E-state index < -0.39 is 0 Å². The lowest BCUT2D eigenvalue weighted by molar-refractivity contribution is 0.0767. The lowest BCUT2D eigenvalue weighted by Crippen LogP contribution is -2.47. The number of rotatable bonds is 6. The Labute approximate surface area is 166 Å². The molecule has 2 aromatic rings. The van der Waals surface area contributed by atoms with Crippen molar-refractivity contribution in [3.63, 3.8) is 0 Å². The number of methoxy groups -OCH3 is 1. The van der Waals surface area contributed by atoms with Gasteiger partial charge >= 0.3 is 0 Å². The molecule has 0 saturated carbocycles. The third-order valence-corrected chi connectivity index (χ3v) is 5.11. The maximum Gasteiger partial charge on any atom is 0.272 e. The number of hydrogen-bond donors (Lipinski definition) is 0. The molecule has 1 aliphatic rings. The van der Waals surface area contributed by atoms with Crippen LogP contribution in [0.25, 0.3) is 0 Å². The first kappa shape index (κ1) is 19.9. The van der Waals surface area contributed by atoms with Gasteiger partial charge in [0.1, 0.15) is 11.4 Å². The van der Waals surface area contributed by atoms with E-state index in [1.807, 2.05) is 32.9 Å². The second-order valence-corrected chi connectivity index (χ2v) is 6.84. The van der Waals surface area contributed by atoms with Gasteiger partial charge in [-0.3, -0.25) is 4.79 Å². The molecule has 7 nitrogen and oxygen atoms in total. The molecule has 1 aliphatic heterocycles.